The Labute approximate surface area is 125 Å². The van der Waals surface area contributed by atoms with Crippen LogP contribution < -0.4 is 16.4 Å². The predicted molar refractivity (Wildman–Crippen MR) is 81.9 cm³/mol. The number of rotatable bonds is 7. The third-order valence-corrected chi connectivity index (χ3v) is 2.97. The maximum Gasteiger partial charge on any atom is 0.273 e. The molecule has 0 aromatic carbocycles. The van der Waals surface area contributed by atoms with Gasteiger partial charge in [0.25, 0.3) is 5.91 Å². The molecule has 5 N–H and O–H groups in total. The summed E-state index contributed by atoms with van der Waals surface area (Å²) in [6.07, 6.45) is 0.236. The Kier molecular flexibility index (Phi) is 6.20. The van der Waals surface area contributed by atoms with Gasteiger partial charge in [0.1, 0.15) is 0 Å². The van der Waals surface area contributed by atoms with Crippen molar-refractivity contribution in [2.24, 2.45) is 5.92 Å². The van der Waals surface area contributed by atoms with Gasteiger partial charge < -0.3 is 16.4 Å². The molecule has 1 heterocycles. The standard InChI is InChI=1S/C14H25N5O2/c1-8(2)7-17-10(20)5-6-16-14(21)13-11(15)12(9(3)4)18-19-13/h8-9H,5-7,15H2,1-4H3,(H,16,21)(H,17,20)(H,18,19). The van der Waals surface area contributed by atoms with Gasteiger partial charge in [0.15, 0.2) is 5.69 Å². The summed E-state index contributed by atoms with van der Waals surface area (Å²) in [5.41, 5.74) is 7.18. The van der Waals surface area contributed by atoms with Crippen molar-refractivity contribution in [1.82, 2.24) is 20.8 Å². The Morgan fingerprint density at radius 3 is 2.43 bits per heavy atom. The van der Waals surface area contributed by atoms with Crippen molar-refractivity contribution in [1.29, 1.82) is 0 Å². The summed E-state index contributed by atoms with van der Waals surface area (Å²) in [7, 11) is 0. The highest BCUT2D eigenvalue weighted by Crippen LogP contribution is 2.21. The Hall–Kier alpha value is -2.05. The van der Waals surface area contributed by atoms with E-state index in [0.717, 1.165) is 5.69 Å². The van der Waals surface area contributed by atoms with Crippen LogP contribution >= 0.6 is 0 Å². The monoisotopic (exact) mass is 295 g/mol. The number of anilines is 1. The molecule has 118 valence electrons. The van der Waals surface area contributed by atoms with E-state index < -0.39 is 0 Å². The minimum absolute atomic E-state index is 0.0816. The molecule has 1 rings (SSSR count). The van der Waals surface area contributed by atoms with Crippen LogP contribution in [0.5, 0.6) is 0 Å². The van der Waals surface area contributed by atoms with Gasteiger partial charge in [-0.2, -0.15) is 5.10 Å². The molecule has 0 aliphatic heterocycles. The lowest BCUT2D eigenvalue weighted by molar-refractivity contribution is -0.121. The van der Waals surface area contributed by atoms with Crippen LogP contribution in [-0.4, -0.2) is 35.1 Å². The molecule has 0 bridgehead atoms. The molecule has 0 fully saturated rings. The van der Waals surface area contributed by atoms with E-state index in [0.29, 0.717) is 18.2 Å². The molecule has 7 heteroatoms. The Balaban J connectivity index is 2.42. The second-order valence-electron chi connectivity index (χ2n) is 5.76. The molecule has 0 spiro atoms. The lowest BCUT2D eigenvalue weighted by Gasteiger charge is -2.08. The molecule has 0 saturated carbocycles. The number of hydrogen-bond acceptors (Lipinski definition) is 4. The summed E-state index contributed by atoms with van der Waals surface area (Å²) >= 11 is 0. The second-order valence-corrected chi connectivity index (χ2v) is 5.76. The molecule has 1 aromatic heterocycles. The van der Waals surface area contributed by atoms with Gasteiger partial charge in [-0.05, 0) is 11.8 Å². The Bertz CT molecular complexity index is 494. The first kappa shape index (κ1) is 17.0. The van der Waals surface area contributed by atoms with E-state index in [9.17, 15) is 9.59 Å². The fourth-order valence-electron chi connectivity index (χ4n) is 1.76. The molecular weight excluding hydrogens is 270 g/mol. The van der Waals surface area contributed by atoms with Gasteiger partial charge in [0, 0.05) is 19.5 Å². The molecule has 0 aliphatic rings. The lowest BCUT2D eigenvalue weighted by Crippen LogP contribution is -2.32. The van der Waals surface area contributed by atoms with Crippen LogP contribution in [0.2, 0.25) is 0 Å². The quantitative estimate of drug-likeness (QED) is 0.601. The zero-order chi connectivity index (χ0) is 16.0. The normalized spacial score (nSPS) is 11.0. The van der Waals surface area contributed by atoms with Crippen LogP contribution in [0.3, 0.4) is 0 Å². The Morgan fingerprint density at radius 1 is 1.24 bits per heavy atom. The highest BCUT2D eigenvalue weighted by Gasteiger charge is 2.18. The number of carbonyl (C=O) groups is 2. The van der Waals surface area contributed by atoms with Gasteiger partial charge in [-0.25, -0.2) is 0 Å². The molecular formula is C14H25N5O2. The van der Waals surface area contributed by atoms with Crippen LogP contribution in [0.15, 0.2) is 0 Å². The number of nitrogens with zero attached hydrogens (tertiary/aromatic N) is 1. The Morgan fingerprint density at radius 2 is 1.90 bits per heavy atom. The first-order valence-electron chi connectivity index (χ1n) is 7.21. The number of carbonyl (C=O) groups excluding carboxylic acids is 2. The second kappa shape index (κ2) is 7.66. The summed E-state index contributed by atoms with van der Waals surface area (Å²) < 4.78 is 0. The zero-order valence-corrected chi connectivity index (χ0v) is 13.1. The number of nitrogen functional groups attached to an aromatic ring is 1. The van der Waals surface area contributed by atoms with Gasteiger partial charge >= 0.3 is 0 Å². The van der Waals surface area contributed by atoms with Crippen molar-refractivity contribution < 1.29 is 9.59 Å². The summed E-state index contributed by atoms with van der Waals surface area (Å²) in [6.45, 7) is 8.86. The summed E-state index contributed by atoms with van der Waals surface area (Å²) in [4.78, 5) is 23.5. The van der Waals surface area contributed by atoms with E-state index in [2.05, 4.69) is 20.8 Å². The van der Waals surface area contributed by atoms with Crippen molar-refractivity contribution >= 4 is 17.5 Å². The van der Waals surface area contributed by atoms with Gasteiger partial charge in [0.05, 0.1) is 11.4 Å². The number of aromatic nitrogens is 2. The van der Waals surface area contributed by atoms with Crippen LogP contribution in [0.1, 0.15) is 56.2 Å². The summed E-state index contributed by atoms with van der Waals surface area (Å²) in [6, 6.07) is 0. The van der Waals surface area contributed by atoms with E-state index in [1.165, 1.54) is 0 Å². The minimum Gasteiger partial charge on any atom is -0.395 e. The van der Waals surface area contributed by atoms with Crippen molar-refractivity contribution in [3.8, 4) is 0 Å². The highest BCUT2D eigenvalue weighted by molar-refractivity contribution is 5.97. The van der Waals surface area contributed by atoms with Crippen LogP contribution in [0, 0.1) is 5.92 Å². The number of nitrogens with two attached hydrogens (primary N) is 1. The third kappa shape index (κ3) is 5.09. The van der Waals surface area contributed by atoms with Gasteiger partial charge in [0.2, 0.25) is 5.91 Å². The first-order valence-corrected chi connectivity index (χ1v) is 7.21. The van der Waals surface area contributed by atoms with E-state index in [1.807, 2.05) is 27.7 Å². The van der Waals surface area contributed by atoms with Crippen LogP contribution in [0.4, 0.5) is 5.69 Å². The maximum absolute atomic E-state index is 11.9. The summed E-state index contributed by atoms with van der Waals surface area (Å²) in [5.74, 6) is 0.122. The molecule has 7 nitrogen and oxygen atoms in total. The molecule has 21 heavy (non-hydrogen) atoms. The van der Waals surface area contributed by atoms with Gasteiger partial charge in [-0.1, -0.05) is 27.7 Å². The number of hydrogen-bond donors (Lipinski definition) is 4. The van der Waals surface area contributed by atoms with Crippen LogP contribution in [0.25, 0.3) is 0 Å². The molecule has 0 unspecified atom stereocenters. The fraction of sp³-hybridized carbons (Fsp3) is 0.643. The van der Waals surface area contributed by atoms with Crippen LogP contribution in [-0.2, 0) is 4.79 Å². The third-order valence-electron chi connectivity index (χ3n) is 2.97. The van der Waals surface area contributed by atoms with Gasteiger partial charge in [-0.15, -0.1) is 0 Å². The molecule has 0 aliphatic carbocycles. The fourth-order valence-corrected chi connectivity index (χ4v) is 1.76. The van der Waals surface area contributed by atoms with E-state index in [4.69, 9.17) is 5.73 Å². The van der Waals surface area contributed by atoms with Crippen molar-refractivity contribution in [2.45, 2.75) is 40.0 Å². The zero-order valence-electron chi connectivity index (χ0n) is 13.1. The number of nitrogens with one attached hydrogen (secondary N) is 3. The molecule has 1 aromatic rings. The smallest absolute Gasteiger partial charge is 0.273 e. The number of aromatic amines is 1. The average Bonchev–Trinajstić information content (AvgIpc) is 2.78. The number of H-pyrrole nitrogens is 1. The SMILES string of the molecule is CC(C)CNC(=O)CCNC(=O)c1n[nH]c(C(C)C)c1N. The minimum atomic E-state index is -0.368. The van der Waals surface area contributed by atoms with Crippen molar-refractivity contribution in [3.05, 3.63) is 11.4 Å². The highest BCUT2D eigenvalue weighted by atomic mass is 16.2. The molecule has 0 saturated heterocycles. The van der Waals surface area contributed by atoms with E-state index >= 15 is 0 Å². The van der Waals surface area contributed by atoms with Crippen molar-refractivity contribution in [2.75, 3.05) is 18.8 Å². The molecule has 0 radical (unpaired) electrons. The van der Waals surface area contributed by atoms with Crippen molar-refractivity contribution in [3.63, 3.8) is 0 Å². The van der Waals surface area contributed by atoms with Gasteiger partial charge in [-0.3, -0.25) is 14.7 Å². The topological polar surface area (TPSA) is 113 Å². The molecule has 0 atom stereocenters. The largest absolute Gasteiger partial charge is 0.395 e. The maximum atomic E-state index is 11.9. The van der Waals surface area contributed by atoms with E-state index in [1.54, 1.807) is 0 Å². The van der Waals surface area contributed by atoms with E-state index in [-0.39, 0.29) is 36.4 Å². The predicted octanol–water partition coefficient (Wildman–Crippen LogP) is 1.01. The summed E-state index contributed by atoms with van der Waals surface area (Å²) in [5, 5.41) is 12.1. The molecule has 2 amide bonds. The first-order chi connectivity index (χ1) is 9.82. The number of amides is 2. The lowest BCUT2D eigenvalue weighted by atomic mass is 10.1. The average molecular weight is 295 g/mol.